The Labute approximate surface area is 153 Å². The Morgan fingerprint density at radius 2 is 2.08 bits per heavy atom. The lowest BCUT2D eigenvalue weighted by molar-refractivity contribution is 0.0621. The minimum atomic E-state index is -0.0138. The number of fused-ring (bicyclic) bond motifs is 4. The van der Waals surface area contributed by atoms with Crippen molar-refractivity contribution >= 4 is 29.4 Å². The maximum absolute atomic E-state index is 12.9. The van der Waals surface area contributed by atoms with Crippen LogP contribution in [0.4, 0.5) is 0 Å². The van der Waals surface area contributed by atoms with Crippen molar-refractivity contribution < 1.29 is 9.21 Å². The van der Waals surface area contributed by atoms with Gasteiger partial charge in [0.1, 0.15) is 5.52 Å². The molecule has 1 aromatic heterocycles. The third-order valence-corrected chi connectivity index (χ3v) is 6.15. The van der Waals surface area contributed by atoms with Gasteiger partial charge in [0.05, 0.1) is 5.56 Å². The van der Waals surface area contributed by atoms with Gasteiger partial charge < -0.3 is 14.6 Å². The summed E-state index contributed by atoms with van der Waals surface area (Å²) in [7, 11) is 0. The van der Waals surface area contributed by atoms with Gasteiger partial charge in [-0.05, 0) is 56.8 Å². The number of nitrogens with zero attached hydrogens (tertiary/aromatic N) is 2. The van der Waals surface area contributed by atoms with E-state index in [0.717, 1.165) is 30.9 Å². The highest BCUT2D eigenvalue weighted by atomic mass is 35.5. The smallest absolute Gasteiger partial charge is 0.253 e. The minimum absolute atomic E-state index is 0. The lowest BCUT2D eigenvalue weighted by Gasteiger charge is -2.44. The van der Waals surface area contributed by atoms with Crippen LogP contribution in [-0.2, 0) is 5.41 Å². The highest BCUT2D eigenvalue weighted by Crippen LogP contribution is 2.47. The number of halogens is 1. The zero-order valence-electron chi connectivity index (χ0n) is 14.5. The van der Waals surface area contributed by atoms with E-state index in [-0.39, 0.29) is 29.8 Å². The van der Waals surface area contributed by atoms with Crippen molar-refractivity contribution in [3.05, 3.63) is 29.7 Å². The second kappa shape index (κ2) is 5.99. The first-order valence-electron chi connectivity index (χ1n) is 9.06. The number of oxazole rings is 1. The molecule has 3 aliphatic heterocycles. The fourth-order valence-corrected chi connectivity index (χ4v) is 4.17. The number of hydrogen-bond acceptors (Lipinski definition) is 4. The Morgan fingerprint density at radius 1 is 1.32 bits per heavy atom. The van der Waals surface area contributed by atoms with Gasteiger partial charge in [-0.2, -0.15) is 0 Å². The number of benzene rings is 1. The quantitative estimate of drug-likeness (QED) is 0.912. The van der Waals surface area contributed by atoms with Crippen molar-refractivity contribution in [3.63, 3.8) is 0 Å². The van der Waals surface area contributed by atoms with Crippen molar-refractivity contribution in [2.45, 2.75) is 44.1 Å². The molecule has 4 fully saturated rings. The highest BCUT2D eigenvalue weighted by molar-refractivity contribution is 6.04. The molecule has 3 saturated heterocycles. The number of carbonyl (C=O) groups excluding carboxylic acids is 1. The average Bonchev–Trinajstić information content (AvgIpc) is 3.20. The SMILES string of the molecule is CC1(c2nc3c(C(=O)N[C@@H]4CN5CCC4CC5)cccc3o2)CC1.Cl. The summed E-state index contributed by atoms with van der Waals surface area (Å²) in [5.74, 6) is 1.39. The Kier molecular flexibility index (Phi) is 4.04. The summed E-state index contributed by atoms with van der Waals surface area (Å²) in [6.07, 6.45) is 4.62. The van der Waals surface area contributed by atoms with Gasteiger partial charge in [-0.1, -0.05) is 13.0 Å². The lowest BCUT2D eigenvalue weighted by atomic mass is 9.84. The maximum Gasteiger partial charge on any atom is 0.253 e. The summed E-state index contributed by atoms with van der Waals surface area (Å²) >= 11 is 0. The maximum atomic E-state index is 12.9. The topological polar surface area (TPSA) is 58.4 Å². The van der Waals surface area contributed by atoms with Crippen LogP contribution < -0.4 is 5.32 Å². The van der Waals surface area contributed by atoms with Crippen LogP contribution in [0.3, 0.4) is 0 Å². The molecule has 134 valence electrons. The first-order valence-corrected chi connectivity index (χ1v) is 9.06. The molecular formula is C19H24ClN3O2. The Hall–Kier alpha value is -1.59. The van der Waals surface area contributed by atoms with Crippen LogP contribution in [0.2, 0.25) is 0 Å². The summed E-state index contributed by atoms with van der Waals surface area (Å²) in [6.45, 7) is 5.51. The highest BCUT2D eigenvalue weighted by Gasteiger charge is 2.44. The summed E-state index contributed by atoms with van der Waals surface area (Å²) in [5.41, 5.74) is 2.14. The molecule has 2 bridgehead atoms. The van der Waals surface area contributed by atoms with E-state index in [9.17, 15) is 4.79 Å². The number of piperidine rings is 3. The molecule has 0 radical (unpaired) electrons. The molecule has 1 N–H and O–H groups in total. The Bertz CT molecular complexity index is 806. The monoisotopic (exact) mass is 361 g/mol. The van der Waals surface area contributed by atoms with E-state index in [1.54, 1.807) is 0 Å². The molecule has 1 amide bonds. The van der Waals surface area contributed by atoms with E-state index in [1.165, 1.54) is 25.9 Å². The molecule has 4 heterocycles. The van der Waals surface area contributed by atoms with Crippen LogP contribution in [0, 0.1) is 5.92 Å². The van der Waals surface area contributed by atoms with Crippen molar-refractivity contribution in [3.8, 4) is 0 Å². The van der Waals surface area contributed by atoms with Gasteiger partial charge in [-0.3, -0.25) is 4.79 Å². The van der Waals surface area contributed by atoms with Gasteiger partial charge in [0.2, 0.25) is 5.89 Å². The van der Waals surface area contributed by atoms with E-state index in [1.807, 2.05) is 18.2 Å². The standard InChI is InChI=1S/C19H23N3O2.ClH/c1-19(7-8-19)18-21-16-13(3-2-4-15(16)24-18)17(23)20-14-11-22-9-5-12(14)6-10-22;/h2-4,12,14H,5-11H2,1H3,(H,20,23);1H/t14-;/m1./s1. The summed E-state index contributed by atoms with van der Waals surface area (Å²) < 4.78 is 5.93. The van der Waals surface area contributed by atoms with Crippen LogP contribution in [0.5, 0.6) is 0 Å². The third-order valence-electron chi connectivity index (χ3n) is 6.15. The number of nitrogens with one attached hydrogen (secondary N) is 1. The van der Waals surface area contributed by atoms with Crippen molar-refractivity contribution in [2.24, 2.45) is 5.92 Å². The predicted octanol–water partition coefficient (Wildman–Crippen LogP) is 3.13. The molecule has 1 saturated carbocycles. The first kappa shape index (κ1) is 16.9. The predicted molar refractivity (Wildman–Crippen MR) is 98.3 cm³/mol. The second-order valence-electron chi connectivity index (χ2n) is 7.95. The summed E-state index contributed by atoms with van der Waals surface area (Å²) in [5, 5.41) is 3.26. The molecular weight excluding hydrogens is 338 g/mol. The molecule has 4 aliphatic rings. The molecule has 0 spiro atoms. The number of hydrogen-bond donors (Lipinski definition) is 1. The van der Waals surface area contributed by atoms with Gasteiger partial charge in [0, 0.05) is 18.0 Å². The molecule has 1 aromatic carbocycles. The molecule has 6 heteroatoms. The number of para-hydroxylation sites is 1. The van der Waals surface area contributed by atoms with Crippen LogP contribution in [0.1, 0.15) is 48.9 Å². The number of carbonyl (C=O) groups is 1. The fraction of sp³-hybridized carbons (Fsp3) is 0.579. The summed E-state index contributed by atoms with van der Waals surface area (Å²) in [4.78, 5) is 20.0. The van der Waals surface area contributed by atoms with Crippen LogP contribution in [0.15, 0.2) is 22.6 Å². The summed E-state index contributed by atoms with van der Waals surface area (Å²) in [6, 6.07) is 5.92. The number of aromatic nitrogens is 1. The lowest BCUT2D eigenvalue weighted by Crippen LogP contribution is -2.57. The van der Waals surface area contributed by atoms with Crippen LogP contribution in [-0.4, -0.2) is 41.5 Å². The third kappa shape index (κ3) is 2.83. The van der Waals surface area contributed by atoms with Gasteiger partial charge in [0.25, 0.3) is 5.91 Å². The Morgan fingerprint density at radius 3 is 2.72 bits per heavy atom. The minimum Gasteiger partial charge on any atom is -0.440 e. The van der Waals surface area contributed by atoms with Crippen LogP contribution >= 0.6 is 12.4 Å². The second-order valence-corrected chi connectivity index (χ2v) is 7.95. The van der Waals surface area contributed by atoms with Crippen LogP contribution in [0.25, 0.3) is 11.1 Å². The largest absolute Gasteiger partial charge is 0.440 e. The van der Waals surface area contributed by atoms with Crippen molar-refractivity contribution in [1.29, 1.82) is 0 Å². The van der Waals surface area contributed by atoms with Crippen molar-refractivity contribution in [1.82, 2.24) is 15.2 Å². The van der Waals surface area contributed by atoms with E-state index in [4.69, 9.17) is 4.42 Å². The van der Waals surface area contributed by atoms with E-state index in [2.05, 4.69) is 22.1 Å². The molecule has 6 rings (SSSR count). The van der Waals surface area contributed by atoms with Gasteiger partial charge in [-0.15, -0.1) is 12.4 Å². The average molecular weight is 362 g/mol. The Balaban J connectivity index is 0.00000157. The van der Waals surface area contributed by atoms with E-state index in [0.29, 0.717) is 17.0 Å². The molecule has 0 unspecified atom stereocenters. The molecule has 1 atom stereocenters. The van der Waals surface area contributed by atoms with Gasteiger partial charge in [-0.25, -0.2) is 4.98 Å². The zero-order chi connectivity index (χ0) is 16.3. The van der Waals surface area contributed by atoms with E-state index < -0.39 is 0 Å². The molecule has 1 aliphatic carbocycles. The molecule has 5 nitrogen and oxygen atoms in total. The fourth-order valence-electron chi connectivity index (χ4n) is 4.17. The normalized spacial score (nSPS) is 29.2. The van der Waals surface area contributed by atoms with E-state index >= 15 is 0 Å². The van der Waals surface area contributed by atoms with Gasteiger partial charge in [0.15, 0.2) is 5.58 Å². The zero-order valence-corrected chi connectivity index (χ0v) is 15.3. The van der Waals surface area contributed by atoms with Crippen molar-refractivity contribution in [2.75, 3.05) is 19.6 Å². The number of rotatable bonds is 3. The first-order chi connectivity index (χ1) is 11.6. The number of amides is 1. The molecule has 25 heavy (non-hydrogen) atoms. The molecule has 2 aromatic rings. The van der Waals surface area contributed by atoms with Gasteiger partial charge >= 0.3 is 0 Å².